The fourth-order valence-electron chi connectivity index (χ4n) is 2.03. The zero-order valence-electron chi connectivity index (χ0n) is 15.0. The Morgan fingerprint density at radius 1 is 1.20 bits per heavy atom. The summed E-state index contributed by atoms with van der Waals surface area (Å²) in [5.41, 5.74) is -0.251. The molecule has 0 bridgehead atoms. The minimum Gasteiger partial charge on any atom is -0.497 e. The number of rotatable bonds is 7. The summed E-state index contributed by atoms with van der Waals surface area (Å²) in [5.74, 6) is 1.63. The zero-order chi connectivity index (χ0) is 18.7. The van der Waals surface area contributed by atoms with Crippen molar-refractivity contribution in [2.24, 2.45) is 0 Å². The van der Waals surface area contributed by atoms with Crippen molar-refractivity contribution in [1.29, 1.82) is 0 Å². The molecule has 1 heterocycles. The van der Waals surface area contributed by atoms with E-state index in [0.29, 0.717) is 23.9 Å². The van der Waals surface area contributed by atoms with Gasteiger partial charge in [-0.05, 0) is 12.1 Å². The molecule has 8 nitrogen and oxygen atoms in total. The fraction of sp³-hybridized carbons (Fsp3) is 0.500. The Morgan fingerprint density at radius 3 is 2.48 bits per heavy atom. The number of aromatic nitrogens is 2. The van der Waals surface area contributed by atoms with Gasteiger partial charge in [0.2, 0.25) is 15.9 Å². The summed E-state index contributed by atoms with van der Waals surface area (Å²) in [4.78, 5) is 4.29. The van der Waals surface area contributed by atoms with Crippen LogP contribution < -0.4 is 14.2 Å². The van der Waals surface area contributed by atoms with Crippen molar-refractivity contribution in [2.75, 3.05) is 20.8 Å². The molecule has 0 unspecified atom stereocenters. The molecule has 0 spiro atoms. The summed E-state index contributed by atoms with van der Waals surface area (Å²) in [6.45, 7) is 6.01. The summed E-state index contributed by atoms with van der Waals surface area (Å²) < 4.78 is 42.9. The topological polar surface area (TPSA) is 104 Å². The van der Waals surface area contributed by atoms with E-state index in [2.05, 4.69) is 14.9 Å². The number of ether oxygens (including phenoxy) is 2. The molecule has 2 rings (SSSR count). The SMILES string of the molecule is COc1ccc(OC)c(S(=O)(=O)NCCc2noc(C(C)(C)C)n2)c1. The van der Waals surface area contributed by atoms with E-state index >= 15 is 0 Å². The summed E-state index contributed by atoms with van der Waals surface area (Å²) >= 11 is 0. The average Bonchev–Trinajstić information content (AvgIpc) is 3.03. The van der Waals surface area contributed by atoms with Gasteiger partial charge in [-0.1, -0.05) is 25.9 Å². The highest BCUT2D eigenvalue weighted by atomic mass is 32.2. The molecule has 0 radical (unpaired) electrons. The molecule has 0 aliphatic carbocycles. The largest absolute Gasteiger partial charge is 0.497 e. The number of nitrogens with zero attached hydrogens (tertiary/aromatic N) is 2. The van der Waals surface area contributed by atoms with Gasteiger partial charge >= 0.3 is 0 Å². The molecule has 0 fully saturated rings. The number of benzene rings is 1. The first kappa shape index (κ1) is 19.2. The highest BCUT2D eigenvalue weighted by Gasteiger charge is 2.23. The molecule has 1 aromatic heterocycles. The molecule has 0 amide bonds. The van der Waals surface area contributed by atoms with Crippen molar-refractivity contribution >= 4 is 10.0 Å². The van der Waals surface area contributed by atoms with Gasteiger partial charge in [-0.25, -0.2) is 13.1 Å². The maximum atomic E-state index is 12.5. The van der Waals surface area contributed by atoms with Crippen molar-refractivity contribution in [3.8, 4) is 11.5 Å². The monoisotopic (exact) mass is 369 g/mol. The summed E-state index contributed by atoms with van der Waals surface area (Å²) in [6.07, 6.45) is 0.311. The first-order valence-corrected chi connectivity index (χ1v) is 9.20. The molecule has 0 aliphatic heterocycles. The standard InChI is InChI=1S/C16H23N3O5S/c1-16(2,3)15-18-14(19-24-15)8-9-17-25(20,21)13-10-11(22-4)6-7-12(13)23-5/h6-7,10,17H,8-9H2,1-5H3. The van der Waals surface area contributed by atoms with Crippen molar-refractivity contribution in [1.82, 2.24) is 14.9 Å². The molecule has 1 aromatic carbocycles. The number of nitrogens with one attached hydrogen (secondary N) is 1. The molecule has 25 heavy (non-hydrogen) atoms. The highest BCUT2D eigenvalue weighted by molar-refractivity contribution is 7.89. The average molecular weight is 369 g/mol. The van der Waals surface area contributed by atoms with Gasteiger partial charge in [-0.3, -0.25) is 0 Å². The quantitative estimate of drug-likeness (QED) is 0.795. The zero-order valence-corrected chi connectivity index (χ0v) is 15.8. The number of hydrogen-bond donors (Lipinski definition) is 1. The number of hydrogen-bond acceptors (Lipinski definition) is 7. The second-order valence-corrected chi connectivity index (χ2v) is 8.17. The van der Waals surface area contributed by atoms with Gasteiger partial charge in [-0.2, -0.15) is 4.98 Å². The van der Waals surface area contributed by atoms with Crippen LogP contribution in [0.2, 0.25) is 0 Å². The van der Waals surface area contributed by atoms with Crippen LogP contribution in [-0.2, 0) is 21.9 Å². The molecule has 0 saturated carbocycles. The van der Waals surface area contributed by atoms with Crippen LogP contribution in [0.25, 0.3) is 0 Å². The van der Waals surface area contributed by atoms with E-state index in [1.165, 1.54) is 20.3 Å². The maximum Gasteiger partial charge on any atom is 0.244 e. The third kappa shape index (κ3) is 4.70. The van der Waals surface area contributed by atoms with E-state index in [1.807, 2.05) is 20.8 Å². The van der Waals surface area contributed by atoms with Gasteiger partial charge in [-0.15, -0.1) is 0 Å². The third-order valence-corrected chi connectivity index (χ3v) is 4.89. The summed E-state index contributed by atoms with van der Waals surface area (Å²) in [6, 6.07) is 4.58. The van der Waals surface area contributed by atoms with Gasteiger partial charge in [0.15, 0.2) is 5.82 Å². The Labute approximate surface area is 147 Å². The van der Waals surface area contributed by atoms with Crippen LogP contribution >= 0.6 is 0 Å². The summed E-state index contributed by atoms with van der Waals surface area (Å²) in [7, 11) is -0.891. The normalized spacial score (nSPS) is 12.2. The Hall–Kier alpha value is -2.13. The minimum atomic E-state index is -3.77. The van der Waals surface area contributed by atoms with E-state index in [9.17, 15) is 8.42 Å². The van der Waals surface area contributed by atoms with E-state index < -0.39 is 10.0 Å². The number of methoxy groups -OCH3 is 2. The Balaban J connectivity index is 2.08. The van der Waals surface area contributed by atoms with E-state index in [1.54, 1.807) is 12.1 Å². The minimum absolute atomic E-state index is 0.0119. The fourth-order valence-corrected chi connectivity index (χ4v) is 3.24. The van der Waals surface area contributed by atoms with E-state index in [-0.39, 0.29) is 22.6 Å². The lowest BCUT2D eigenvalue weighted by molar-refractivity contribution is 0.318. The van der Waals surface area contributed by atoms with Crippen LogP contribution in [0, 0.1) is 0 Å². The second-order valence-electron chi connectivity index (χ2n) is 6.43. The molecule has 0 aliphatic rings. The van der Waals surface area contributed by atoms with Crippen LogP contribution in [0.1, 0.15) is 32.5 Å². The smallest absolute Gasteiger partial charge is 0.244 e. The van der Waals surface area contributed by atoms with Gasteiger partial charge < -0.3 is 14.0 Å². The molecule has 9 heteroatoms. The second kappa shape index (κ2) is 7.40. The molecular weight excluding hydrogens is 346 g/mol. The Morgan fingerprint density at radius 2 is 1.92 bits per heavy atom. The lowest BCUT2D eigenvalue weighted by atomic mass is 9.97. The van der Waals surface area contributed by atoms with Crippen LogP contribution in [-0.4, -0.2) is 39.3 Å². The first-order valence-electron chi connectivity index (χ1n) is 7.72. The van der Waals surface area contributed by atoms with Crippen LogP contribution in [0.3, 0.4) is 0 Å². The molecule has 138 valence electrons. The lowest BCUT2D eigenvalue weighted by Gasteiger charge is -2.11. The molecule has 0 saturated heterocycles. The predicted octanol–water partition coefficient (Wildman–Crippen LogP) is 1.91. The summed E-state index contributed by atoms with van der Waals surface area (Å²) in [5, 5.41) is 3.87. The van der Waals surface area contributed by atoms with Gasteiger partial charge in [0.25, 0.3) is 0 Å². The lowest BCUT2D eigenvalue weighted by Crippen LogP contribution is -2.26. The van der Waals surface area contributed by atoms with Gasteiger partial charge in [0.1, 0.15) is 16.4 Å². The Kier molecular flexibility index (Phi) is 5.69. The van der Waals surface area contributed by atoms with E-state index in [0.717, 1.165) is 0 Å². The third-order valence-electron chi connectivity index (χ3n) is 3.41. The van der Waals surface area contributed by atoms with Crippen LogP contribution in [0.5, 0.6) is 11.5 Å². The highest BCUT2D eigenvalue weighted by Crippen LogP contribution is 2.28. The van der Waals surface area contributed by atoms with Crippen LogP contribution in [0.4, 0.5) is 0 Å². The van der Waals surface area contributed by atoms with Gasteiger partial charge in [0.05, 0.1) is 14.2 Å². The van der Waals surface area contributed by atoms with Crippen molar-refractivity contribution in [3.63, 3.8) is 0 Å². The molecular formula is C16H23N3O5S. The molecule has 0 atom stereocenters. The van der Waals surface area contributed by atoms with Crippen molar-refractivity contribution in [3.05, 3.63) is 29.9 Å². The maximum absolute atomic E-state index is 12.5. The first-order chi connectivity index (χ1) is 11.7. The van der Waals surface area contributed by atoms with Crippen LogP contribution in [0.15, 0.2) is 27.6 Å². The van der Waals surface area contributed by atoms with Crippen molar-refractivity contribution < 1.29 is 22.4 Å². The van der Waals surface area contributed by atoms with Gasteiger partial charge in [0, 0.05) is 24.4 Å². The number of sulfonamides is 1. The molecule has 1 N–H and O–H groups in total. The van der Waals surface area contributed by atoms with Crippen molar-refractivity contribution in [2.45, 2.75) is 37.5 Å². The predicted molar refractivity (Wildman–Crippen MR) is 91.4 cm³/mol. The molecule has 2 aromatic rings. The Bertz CT molecular complexity index is 825. The van der Waals surface area contributed by atoms with E-state index in [4.69, 9.17) is 14.0 Å².